The van der Waals surface area contributed by atoms with Gasteiger partial charge in [0.15, 0.2) is 11.6 Å². The lowest BCUT2D eigenvalue weighted by Crippen LogP contribution is -2.49. The van der Waals surface area contributed by atoms with Crippen molar-refractivity contribution >= 4 is 38.5 Å². The monoisotopic (exact) mass is 724 g/mol. The second kappa shape index (κ2) is 15.1. The highest BCUT2D eigenvalue weighted by Gasteiger charge is 2.53. The summed E-state index contributed by atoms with van der Waals surface area (Å²) in [5, 5.41) is 14.6. The number of amides is 1. The van der Waals surface area contributed by atoms with Gasteiger partial charge in [-0.05, 0) is 75.0 Å². The maximum absolute atomic E-state index is 14.8. The summed E-state index contributed by atoms with van der Waals surface area (Å²) in [6.45, 7) is 0.827. The molecule has 6 nitrogen and oxygen atoms in total. The molecule has 1 aliphatic rings. The van der Waals surface area contributed by atoms with Crippen LogP contribution in [-0.2, 0) is 22.5 Å². The molecule has 0 radical (unpaired) electrons. The number of hydrogen-bond donors (Lipinski definition) is 2. The summed E-state index contributed by atoms with van der Waals surface area (Å²) in [4.78, 5) is 20.1. The van der Waals surface area contributed by atoms with Crippen molar-refractivity contribution in [2.24, 2.45) is 4.99 Å². The Kier molecular flexibility index (Phi) is 10.1. The van der Waals surface area contributed by atoms with Crippen molar-refractivity contribution in [2.75, 3.05) is 13.2 Å². The number of carbonyl (C=O) groups is 1. The molecule has 0 bridgehead atoms. The smallest absolute Gasteiger partial charge is 0.252 e. The van der Waals surface area contributed by atoms with Crippen LogP contribution in [0.5, 0.6) is 5.75 Å². The molecule has 1 aliphatic heterocycles. The van der Waals surface area contributed by atoms with Gasteiger partial charge in [0.05, 0.1) is 6.61 Å². The second-order valence-electron chi connectivity index (χ2n) is 12.4. The number of benzene rings is 6. The lowest BCUT2D eigenvalue weighted by Gasteiger charge is -2.31. The van der Waals surface area contributed by atoms with Gasteiger partial charge in [-0.25, -0.2) is 4.99 Å². The van der Waals surface area contributed by atoms with Gasteiger partial charge in [-0.2, -0.15) is 0 Å². The van der Waals surface area contributed by atoms with Crippen LogP contribution in [-0.4, -0.2) is 35.7 Å². The third kappa shape index (κ3) is 7.20. The Bertz CT molecular complexity index is 2090. The molecule has 0 spiro atoms. The first-order valence-electron chi connectivity index (χ1n) is 16.8. The maximum atomic E-state index is 14.8. The number of aliphatic hydroxyl groups is 1. The van der Waals surface area contributed by atoms with Crippen LogP contribution in [0.3, 0.4) is 0 Å². The predicted octanol–water partition coefficient (Wildman–Crippen LogP) is 8.85. The molecule has 7 heteroatoms. The normalized spacial score (nSPS) is 16.8. The summed E-state index contributed by atoms with van der Waals surface area (Å²) in [7, 11) is 0. The molecule has 2 N–H and O–H groups in total. The average molecular weight is 726 g/mol. The second-order valence-corrected chi connectivity index (χ2v) is 13.3. The van der Waals surface area contributed by atoms with Crippen molar-refractivity contribution in [1.82, 2.24) is 5.32 Å². The van der Waals surface area contributed by atoms with Gasteiger partial charge in [-0.3, -0.25) is 4.79 Å². The Hall–Kier alpha value is -5.24. The largest absolute Gasteiger partial charge is 0.494 e. The van der Waals surface area contributed by atoms with Crippen molar-refractivity contribution in [3.8, 4) is 16.9 Å². The van der Waals surface area contributed by atoms with E-state index in [4.69, 9.17) is 19.6 Å². The van der Waals surface area contributed by atoms with E-state index >= 15 is 0 Å². The number of nitrogens with zero attached hydrogens (tertiary/aromatic N) is 1. The molecule has 6 aromatic rings. The molecule has 0 unspecified atom stereocenters. The van der Waals surface area contributed by atoms with E-state index in [2.05, 4.69) is 63.7 Å². The van der Waals surface area contributed by atoms with Crippen molar-refractivity contribution in [3.63, 3.8) is 0 Å². The van der Waals surface area contributed by atoms with Crippen LogP contribution < -0.4 is 10.1 Å². The fourth-order valence-corrected chi connectivity index (χ4v) is 6.72. The molecule has 0 aliphatic carbocycles. The van der Waals surface area contributed by atoms with E-state index in [9.17, 15) is 4.79 Å². The van der Waals surface area contributed by atoms with Gasteiger partial charge in [0.2, 0.25) is 5.90 Å². The molecule has 0 saturated carbocycles. The van der Waals surface area contributed by atoms with Gasteiger partial charge in [0.1, 0.15) is 5.75 Å². The van der Waals surface area contributed by atoms with Crippen LogP contribution in [0, 0.1) is 0 Å². The van der Waals surface area contributed by atoms with Crippen LogP contribution in [0.15, 0.2) is 155 Å². The van der Waals surface area contributed by atoms with E-state index in [1.54, 1.807) is 0 Å². The minimum Gasteiger partial charge on any atom is -0.494 e. The Morgan fingerprint density at radius 2 is 1.46 bits per heavy atom. The van der Waals surface area contributed by atoms with Gasteiger partial charge in [-0.15, -0.1) is 0 Å². The fraction of sp³-hybridized carbons (Fsp3) is 0.163. The standard InChI is InChI=1S/C43H37BrN2O4/c44-37-22-14-30(15-23-37)28-43(42(48)45-29-36-12-6-11-33-10-4-5-13-39(33)36)40(34-18-16-32(17-19-34)31-8-2-1-3-9-31)50-41(46-43)35-20-24-38(25-21-35)49-27-7-26-47/h1-6,8-25,40,47H,7,26-29H2,(H,45,48)/t40-,43-/m1/s1. The van der Waals surface area contributed by atoms with E-state index in [-0.39, 0.29) is 12.5 Å². The van der Waals surface area contributed by atoms with E-state index in [1.807, 2.05) is 103 Å². The van der Waals surface area contributed by atoms with Gasteiger partial charge >= 0.3 is 0 Å². The molecular weight excluding hydrogens is 688 g/mol. The van der Waals surface area contributed by atoms with Crippen LogP contribution in [0.25, 0.3) is 21.9 Å². The molecule has 0 fully saturated rings. The highest BCUT2D eigenvalue weighted by molar-refractivity contribution is 9.10. The minimum absolute atomic E-state index is 0.0689. The molecule has 50 heavy (non-hydrogen) atoms. The lowest BCUT2D eigenvalue weighted by atomic mass is 9.81. The number of halogens is 1. The number of ether oxygens (including phenoxy) is 2. The van der Waals surface area contributed by atoms with Gasteiger partial charge in [-0.1, -0.05) is 125 Å². The summed E-state index contributed by atoms with van der Waals surface area (Å²) in [5.74, 6) is 0.855. The van der Waals surface area contributed by atoms with Crippen molar-refractivity contribution in [1.29, 1.82) is 0 Å². The van der Waals surface area contributed by atoms with Crippen molar-refractivity contribution in [3.05, 3.63) is 172 Å². The highest BCUT2D eigenvalue weighted by atomic mass is 79.9. The molecule has 0 saturated heterocycles. The SMILES string of the molecule is O=C(NCc1cccc2ccccc12)[C@]1(Cc2ccc(Br)cc2)N=C(c2ccc(OCCCO)cc2)O[C@@H]1c1ccc(-c2ccccc2)cc1. The average Bonchev–Trinajstić information content (AvgIpc) is 3.56. The molecule has 7 rings (SSSR count). The minimum atomic E-state index is -1.32. The number of fused-ring (bicyclic) bond motifs is 1. The highest BCUT2D eigenvalue weighted by Crippen LogP contribution is 2.43. The zero-order valence-corrected chi connectivity index (χ0v) is 29.1. The molecule has 0 aromatic heterocycles. The first-order valence-corrected chi connectivity index (χ1v) is 17.6. The number of hydrogen-bond acceptors (Lipinski definition) is 5. The third-order valence-electron chi connectivity index (χ3n) is 9.06. The number of rotatable bonds is 12. The van der Waals surface area contributed by atoms with Crippen LogP contribution in [0.4, 0.5) is 0 Å². The number of nitrogens with one attached hydrogen (secondary N) is 1. The zero-order chi connectivity index (χ0) is 34.3. The first-order chi connectivity index (χ1) is 24.5. The van der Waals surface area contributed by atoms with Crippen molar-refractivity contribution in [2.45, 2.75) is 31.0 Å². The van der Waals surface area contributed by atoms with E-state index < -0.39 is 11.6 Å². The van der Waals surface area contributed by atoms with Gasteiger partial charge in [0.25, 0.3) is 5.91 Å². The summed E-state index contributed by atoms with van der Waals surface area (Å²) >= 11 is 3.56. The van der Waals surface area contributed by atoms with E-state index in [1.165, 1.54) is 0 Å². The molecule has 1 heterocycles. The maximum Gasteiger partial charge on any atom is 0.252 e. The Morgan fingerprint density at radius 1 is 0.780 bits per heavy atom. The summed E-state index contributed by atoms with van der Waals surface area (Å²) in [5.41, 5.74) is 4.44. The van der Waals surface area contributed by atoms with Gasteiger partial charge in [0, 0.05) is 36.0 Å². The van der Waals surface area contributed by atoms with Crippen molar-refractivity contribution < 1.29 is 19.4 Å². The number of carbonyl (C=O) groups excluding carboxylic acids is 1. The molecule has 2 atom stereocenters. The molecular formula is C43H37BrN2O4. The molecule has 1 amide bonds. The van der Waals surface area contributed by atoms with Crippen LogP contribution >= 0.6 is 15.9 Å². The van der Waals surface area contributed by atoms with Crippen LogP contribution in [0.1, 0.15) is 34.8 Å². The number of aliphatic imine (C=N–C) groups is 1. The Labute approximate surface area is 300 Å². The zero-order valence-electron chi connectivity index (χ0n) is 27.5. The first kappa shape index (κ1) is 33.3. The fourth-order valence-electron chi connectivity index (χ4n) is 6.45. The van der Waals surface area contributed by atoms with Crippen LogP contribution in [0.2, 0.25) is 0 Å². The van der Waals surface area contributed by atoms with E-state index in [0.29, 0.717) is 37.6 Å². The number of aliphatic hydroxyl groups excluding tert-OH is 1. The van der Waals surface area contributed by atoms with E-state index in [0.717, 1.165) is 48.6 Å². The molecule has 250 valence electrons. The summed E-state index contributed by atoms with van der Waals surface area (Å²) < 4.78 is 13.5. The summed E-state index contributed by atoms with van der Waals surface area (Å²) in [6, 6.07) is 48.3. The quantitative estimate of drug-likeness (QED) is 0.124. The van der Waals surface area contributed by atoms with Gasteiger partial charge < -0.3 is 19.9 Å². The summed E-state index contributed by atoms with van der Waals surface area (Å²) in [6.07, 6.45) is 0.159. The molecule has 6 aromatic carbocycles. The predicted molar refractivity (Wildman–Crippen MR) is 202 cm³/mol. The Morgan fingerprint density at radius 3 is 2.22 bits per heavy atom. The topological polar surface area (TPSA) is 80.2 Å². The third-order valence-corrected chi connectivity index (χ3v) is 9.59. The Balaban J connectivity index is 1.29. The lowest BCUT2D eigenvalue weighted by molar-refractivity contribution is -0.129.